The van der Waals surface area contributed by atoms with Crippen molar-refractivity contribution in [2.45, 2.75) is 69.6 Å². The summed E-state index contributed by atoms with van der Waals surface area (Å²) in [6.45, 7) is 6.41. The molecule has 0 unspecified atom stereocenters. The fourth-order valence-electron chi connectivity index (χ4n) is 4.37. The molecule has 2 aliphatic rings. The van der Waals surface area contributed by atoms with Crippen molar-refractivity contribution in [1.29, 1.82) is 0 Å². The van der Waals surface area contributed by atoms with Crippen molar-refractivity contribution < 1.29 is 4.79 Å². The van der Waals surface area contributed by atoms with E-state index >= 15 is 0 Å². The van der Waals surface area contributed by atoms with E-state index in [0.29, 0.717) is 17.6 Å². The van der Waals surface area contributed by atoms with Gasteiger partial charge in [-0.1, -0.05) is 37.6 Å². The van der Waals surface area contributed by atoms with E-state index in [1.165, 1.54) is 41.5 Å². The van der Waals surface area contributed by atoms with Gasteiger partial charge in [0.2, 0.25) is 5.91 Å². The molecule has 0 bridgehead atoms. The maximum absolute atomic E-state index is 13.1. The largest absolute Gasteiger partial charge is 0.352 e. The van der Waals surface area contributed by atoms with Crippen LogP contribution in [0.3, 0.4) is 0 Å². The van der Waals surface area contributed by atoms with Crippen LogP contribution in [0.2, 0.25) is 0 Å². The van der Waals surface area contributed by atoms with Crippen LogP contribution in [0.1, 0.15) is 49.5 Å². The molecule has 0 aliphatic heterocycles. The molecule has 1 fully saturated rings. The van der Waals surface area contributed by atoms with Gasteiger partial charge < -0.3 is 5.32 Å². The Morgan fingerprint density at radius 1 is 1.36 bits per heavy atom. The summed E-state index contributed by atoms with van der Waals surface area (Å²) in [6.07, 6.45) is 9.52. The van der Waals surface area contributed by atoms with Gasteiger partial charge in [-0.2, -0.15) is 0 Å². The van der Waals surface area contributed by atoms with Crippen molar-refractivity contribution in [3.63, 3.8) is 0 Å². The second kappa shape index (κ2) is 8.41. The third kappa shape index (κ3) is 3.79. The van der Waals surface area contributed by atoms with E-state index in [4.69, 9.17) is 4.98 Å². The van der Waals surface area contributed by atoms with Crippen molar-refractivity contribution in [2.75, 3.05) is 5.75 Å². The zero-order valence-corrected chi connectivity index (χ0v) is 18.0. The van der Waals surface area contributed by atoms with Gasteiger partial charge in [0, 0.05) is 17.5 Å². The molecule has 2 atom stereocenters. The lowest BCUT2D eigenvalue weighted by Crippen LogP contribution is -2.41. The number of nitrogens with one attached hydrogen (secondary N) is 1. The highest BCUT2D eigenvalue weighted by Crippen LogP contribution is 2.35. The fourth-order valence-corrected chi connectivity index (χ4v) is 6.49. The Balaban J connectivity index is 1.54. The molecule has 28 heavy (non-hydrogen) atoms. The van der Waals surface area contributed by atoms with Crippen LogP contribution in [0, 0.1) is 5.92 Å². The van der Waals surface area contributed by atoms with Crippen LogP contribution in [0.4, 0.5) is 0 Å². The number of nitrogens with zero attached hydrogens (tertiary/aromatic N) is 2. The highest BCUT2D eigenvalue weighted by atomic mass is 32.2. The van der Waals surface area contributed by atoms with Gasteiger partial charge in [0.25, 0.3) is 5.56 Å². The molecule has 1 saturated carbocycles. The predicted octanol–water partition coefficient (Wildman–Crippen LogP) is 3.92. The van der Waals surface area contributed by atoms with Crippen LogP contribution in [-0.2, 0) is 24.2 Å². The van der Waals surface area contributed by atoms with Crippen LogP contribution in [0.15, 0.2) is 22.6 Å². The Morgan fingerprint density at radius 2 is 2.18 bits per heavy atom. The van der Waals surface area contributed by atoms with E-state index in [9.17, 15) is 9.59 Å². The molecule has 0 aromatic carbocycles. The molecule has 7 heteroatoms. The summed E-state index contributed by atoms with van der Waals surface area (Å²) in [7, 11) is 0. The first kappa shape index (κ1) is 19.7. The summed E-state index contributed by atoms with van der Waals surface area (Å²) in [4.78, 5) is 32.5. The topological polar surface area (TPSA) is 64.0 Å². The number of hydrogen-bond acceptors (Lipinski definition) is 5. The summed E-state index contributed by atoms with van der Waals surface area (Å²) < 4.78 is 1.67. The van der Waals surface area contributed by atoms with E-state index in [2.05, 4.69) is 18.8 Å². The fraction of sp³-hybridized carbons (Fsp3) is 0.571. The Kier molecular flexibility index (Phi) is 5.92. The molecule has 2 heterocycles. The van der Waals surface area contributed by atoms with Crippen LogP contribution in [-0.4, -0.2) is 27.3 Å². The smallest absolute Gasteiger partial charge is 0.263 e. The lowest BCUT2D eigenvalue weighted by Gasteiger charge is -2.29. The molecule has 2 aliphatic carbocycles. The number of allylic oxidation sites excluding steroid dienone is 1. The third-order valence-electron chi connectivity index (χ3n) is 5.89. The van der Waals surface area contributed by atoms with Crippen molar-refractivity contribution in [2.24, 2.45) is 5.92 Å². The van der Waals surface area contributed by atoms with Gasteiger partial charge in [-0.05, 0) is 43.6 Å². The molecule has 4 rings (SSSR count). The maximum atomic E-state index is 13.1. The second-order valence-electron chi connectivity index (χ2n) is 7.86. The molecular formula is C21H27N3O2S2. The van der Waals surface area contributed by atoms with Gasteiger partial charge in [0.1, 0.15) is 4.83 Å². The summed E-state index contributed by atoms with van der Waals surface area (Å²) in [6, 6.07) is 0.271. The molecule has 0 radical (unpaired) electrons. The first-order valence-electron chi connectivity index (χ1n) is 10.2. The molecule has 5 nitrogen and oxygen atoms in total. The van der Waals surface area contributed by atoms with Crippen LogP contribution >= 0.6 is 23.1 Å². The zero-order chi connectivity index (χ0) is 19.7. The van der Waals surface area contributed by atoms with Gasteiger partial charge in [0.05, 0.1) is 11.1 Å². The molecule has 1 amide bonds. The SMILES string of the molecule is C=CCn1c(SCC(=O)N[C@H]2CCCC[C@H]2C)nc2sc3c(c2c1=O)CCC3. The predicted molar refractivity (Wildman–Crippen MR) is 116 cm³/mol. The normalized spacial score (nSPS) is 21.6. The number of aromatic nitrogens is 2. The van der Waals surface area contributed by atoms with Crippen LogP contribution in [0.25, 0.3) is 10.2 Å². The number of amides is 1. The zero-order valence-electron chi connectivity index (χ0n) is 16.3. The highest BCUT2D eigenvalue weighted by molar-refractivity contribution is 7.99. The summed E-state index contributed by atoms with van der Waals surface area (Å²) in [5.74, 6) is 0.838. The van der Waals surface area contributed by atoms with Crippen molar-refractivity contribution in [3.8, 4) is 0 Å². The second-order valence-corrected chi connectivity index (χ2v) is 9.89. The minimum atomic E-state index is 0.00751. The van der Waals surface area contributed by atoms with Crippen molar-refractivity contribution in [1.82, 2.24) is 14.9 Å². The highest BCUT2D eigenvalue weighted by Gasteiger charge is 2.25. The van der Waals surface area contributed by atoms with E-state index in [-0.39, 0.29) is 23.3 Å². The number of hydrogen-bond donors (Lipinski definition) is 1. The van der Waals surface area contributed by atoms with Crippen molar-refractivity contribution in [3.05, 3.63) is 33.4 Å². The summed E-state index contributed by atoms with van der Waals surface area (Å²) in [5, 5.41) is 4.58. The van der Waals surface area contributed by atoms with Crippen molar-refractivity contribution >= 4 is 39.2 Å². The quantitative estimate of drug-likeness (QED) is 0.440. The summed E-state index contributed by atoms with van der Waals surface area (Å²) >= 11 is 2.99. The number of rotatable bonds is 6. The van der Waals surface area contributed by atoms with Gasteiger partial charge in [-0.25, -0.2) is 4.98 Å². The number of carbonyl (C=O) groups excluding carboxylic acids is 1. The monoisotopic (exact) mass is 417 g/mol. The first-order chi connectivity index (χ1) is 13.6. The molecule has 1 N–H and O–H groups in total. The first-order valence-corrected chi connectivity index (χ1v) is 12.0. The Bertz CT molecular complexity index is 963. The van der Waals surface area contributed by atoms with Crippen LogP contribution < -0.4 is 10.9 Å². The average molecular weight is 418 g/mol. The molecule has 0 spiro atoms. The average Bonchev–Trinajstić information content (AvgIpc) is 3.25. The lowest BCUT2D eigenvalue weighted by molar-refractivity contribution is -0.119. The van der Waals surface area contributed by atoms with Crippen LogP contribution in [0.5, 0.6) is 0 Å². The Labute approximate surface area is 173 Å². The standard InChI is InChI=1S/C21H27N3O2S2/c1-3-11-24-20(26)18-14-8-6-10-16(14)28-19(18)23-21(24)27-12-17(25)22-15-9-5-4-7-13(15)2/h3,13,15H,1,4-12H2,2H3,(H,22,25)/t13-,15+/m1/s1. The number of fused-ring (bicyclic) bond motifs is 3. The molecule has 2 aromatic heterocycles. The van der Waals surface area contributed by atoms with Gasteiger partial charge in [-0.3, -0.25) is 14.2 Å². The van der Waals surface area contributed by atoms with E-state index in [1.807, 2.05) is 0 Å². The molecule has 150 valence electrons. The van der Waals surface area contributed by atoms with E-state index in [0.717, 1.165) is 35.9 Å². The molecule has 0 saturated heterocycles. The minimum absolute atomic E-state index is 0.00751. The van der Waals surface area contributed by atoms with Gasteiger partial charge in [0.15, 0.2) is 5.16 Å². The number of aryl methyl sites for hydroxylation is 2. The van der Waals surface area contributed by atoms with Gasteiger partial charge >= 0.3 is 0 Å². The Hall–Kier alpha value is -1.60. The van der Waals surface area contributed by atoms with Gasteiger partial charge in [-0.15, -0.1) is 17.9 Å². The lowest BCUT2D eigenvalue weighted by atomic mass is 9.86. The van der Waals surface area contributed by atoms with E-state index in [1.54, 1.807) is 22.0 Å². The number of thiophene rings is 1. The molecule has 2 aromatic rings. The maximum Gasteiger partial charge on any atom is 0.263 e. The minimum Gasteiger partial charge on any atom is -0.352 e. The third-order valence-corrected chi connectivity index (χ3v) is 8.05. The number of thioether (sulfide) groups is 1. The summed E-state index contributed by atoms with van der Waals surface area (Å²) in [5.41, 5.74) is 1.20. The Morgan fingerprint density at radius 3 is 2.96 bits per heavy atom. The van der Waals surface area contributed by atoms with E-state index < -0.39 is 0 Å². The number of carbonyl (C=O) groups is 1. The molecular weight excluding hydrogens is 390 g/mol.